The maximum absolute atomic E-state index is 12.6. The third-order valence-electron chi connectivity index (χ3n) is 3.02. The quantitative estimate of drug-likeness (QED) is 0.825. The SMILES string of the molecule is Cc1ccc(Cl)cc1N/C(=C\C(=O)C(F)(F)F)c1ccncc1. The Morgan fingerprint density at radius 3 is 2.48 bits per heavy atom. The molecule has 2 rings (SSSR count). The van der Waals surface area contributed by atoms with Crippen LogP contribution in [0.25, 0.3) is 5.70 Å². The van der Waals surface area contributed by atoms with E-state index < -0.39 is 12.0 Å². The van der Waals surface area contributed by atoms with E-state index >= 15 is 0 Å². The van der Waals surface area contributed by atoms with Gasteiger partial charge in [-0.25, -0.2) is 0 Å². The number of hydrogen-bond acceptors (Lipinski definition) is 3. The van der Waals surface area contributed by atoms with Gasteiger partial charge in [-0.1, -0.05) is 17.7 Å². The predicted octanol–water partition coefficient (Wildman–Crippen LogP) is 4.63. The molecule has 0 aliphatic rings. The summed E-state index contributed by atoms with van der Waals surface area (Å²) in [4.78, 5) is 15.1. The number of nitrogens with zero attached hydrogens (tertiary/aromatic N) is 1. The number of rotatable bonds is 4. The highest BCUT2D eigenvalue weighted by Crippen LogP contribution is 2.26. The van der Waals surface area contributed by atoms with Gasteiger partial charge in [0.2, 0.25) is 0 Å². The van der Waals surface area contributed by atoms with Gasteiger partial charge in [-0.15, -0.1) is 0 Å². The van der Waals surface area contributed by atoms with E-state index in [1.165, 1.54) is 24.5 Å². The fourth-order valence-corrected chi connectivity index (χ4v) is 1.98. The lowest BCUT2D eigenvalue weighted by Crippen LogP contribution is -2.21. The van der Waals surface area contributed by atoms with E-state index in [2.05, 4.69) is 10.3 Å². The van der Waals surface area contributed by atoms with Gasteiger partial charge in [-0.3, -0.25) is 9.78 Å². The number of halogens is 4. The number of carbonyl (C=O) groups is 1. The summed E-state index contributed by atoms with van der Waals surface area (Å²) in [6, 6.07) is 7.97. The third kappa shape index (κ3) is 4.56. The molecule has 0 bridgehead atoms. The number of aryl methyl sites for hydroxylation is 1. The van der Waals surface area contributed by atoms with E-state index in [-0.39, 0.29) is 5.70 Å². The number of anilines is 1. The molecule has 0 spiro atoms. The van der Waals surface area contributed by atoms with Crippen LogP contribution in [0, 0.1) is 6.92 Å². The van der Waals surface area contributed by atoms with Gasteiger partial charge in [-0.2, -0.15) is 13.2 Å². The molecule has 3 nitrogen and oxygen atoms in total. The summed E-state index contributed by atoms with van der Waals surface area (Å²) in [7, 11) is 0. The second-order valence-electron chi connectivity index (χ2n) is 4.74. The molecule has 2 aromatic rings. The van der Waals surface area contributed by atoms with Crippen LogP contribution in [0.5, 0.6) is 0 Å². The lowest BCUT2D eigenvalue weighted by Gasteiger charge is -2.14. The Bertz CT molecular complexity index is 743. The summed E-state index contributed by atoms with van der Waals surface area (Å²) in [6.07, 6.45) is -1.57. The van der Waals surface area contributed by atoms with Crippen LogP contribution in [0.2, 0.25) is 5.02 Å². The van der Waals surface area contributed by atoms with Gasteiger partial charge in [0.25, 0.3) is 5.78 Å². The number of alkyl halides is 3. The lowest BCUT2D eigenvalue weighted by atomic mass is 10.1. The van der Waals surface area contributed by atoms with Gasteiger partial charge in [0.15, 0.2) is 0 Å². The number of carbonyl (C=O) groups excluding carboxylic acids is 1. The first kappa shape index (κ1) is 17.0. The smallest absolute Gasteiger partial charge is 0.355 e. The minimum atomic E-state index is -4.94. The Morgan fingerprint density at radius 2 is 1.87 bits per heavy atom. The van der Waals surface area contributed by atoms with E-state index in [4.69, 9.17) is 11.6 Å². The predicted molar refractivity (Wildman–Crippen MR) is 83.1 cm³/mol. The minimum absolute atomic E-state index is 0.0140. The molecule has 0 aliphatic heterocycles. The van der Waals surface area contributed by atoms with Gasteiger partial charge in [0.05, 0.1) is 0 Å². The van der Waals surface area contributed by atoms with Crippen LogP contribution in [-0.2, 0) is 4.79 Å². The molecule has 1 N–H and O–H groups in total. The molecule has 0 atom stereocenters. The largest absolute Gasteiger partial charge is 0.454 e. The van der Waals surface area contributed by atoms with Gasteiger partial charge in [0, 0.05) is 40.4 Å². The summed E-state index contributed by atoms with van der Waals surface area (Å²) in [5.74, 6) is -1.95. The van der Waals surface area contributed by atoms with Crippen molar-refractivity contribution in [2.45, 2.75) is 13.1 Å². The second-order valence-corrected chi connectivity index (χ2v) is 5.18. The zero-order valence-electron chi connectivity index (χ0n) is 12.0. The number of allylic oxidation sites excluding steroid dienone is 1. The molecule has 1 aromatic carbocycles. The molecule has 0 saturated carbocycles. The monoisotopic (exact) mass is 340 g/mol. The van der Waals surface area contributed by atoms with Gasteiger partial charge >= 0.3 is 6.18 Å². The summed E-state index contributed by atoms with van der Waals surface area (Å²) in [6.45, 7) is 1.77. The average Bonchev–Trinajstić information content (AvgIpc) is 2.50. The van der Waals surface area contributed by atoms with Crippen molar-refractivity contribution in [3.8, 4) is 0 Å². The van der Waals surface area contributed by atoms with Crippen molar-refractivity contribution in [3.05, 3.63) is 65.0 Å². The fourth-order valence-electron chi connectivity index (χ4n) is 1.81. The molecule has 0 fully saturated rings. The second kappa shape index (κ2) is 6.83. The van der Waals surface area contributed by atoms with Crippen molar-refractivity contribution in [1.82, 2.24) is 4.98 Å². The number of ketones is 1. The minimum Gasteiger partial charge on any atom is -0.355 e. The highest BCUT2D eigenvalue weighted by molar-refractivity contribution is 6.30. The lowest BCUT2D eigenvalue weighted by molar-refractivity contribution is -0.165. The molecule has 0 unspecified atom stereocenters. The van der Waals surface area contributed by atoms with Crippen molar-refractivity contribution < 1.29 is 18.0 Å². The molecule has 0 saturated heterocycles. The standard InChI is InChI=1S/C16H12ClF3N2O/c1-10-2-3-12(17)8-13(10)22-14(9-15(23)16(18,19)20)11-4-6-21-7-5-11/h2-9,22H,1H3/b14-9-. The number of aromatic nitrogens is 1. The Kier molecular flexibility index (Phi) is 5.05. The zero-order chi connectivity index (χ0) is 17.0. The molecule has 1 aromatic heterocycles. The molecular weight excluding hydrogens is 329 g/mol. The van der Waals surface area contributed by atoms with Gasteiger partial charge in [0.1, 0.15) is 0 Å². The van der Waals surface area contributed by atoms with Crippen LogP contribution in [0.15, 0.2) is 48.8 Å². The van der Waals surface area contributed by atoms with Gasteiger partial charge < -0.3 is 5.32 Å². The summed E-state index contributed by atoms with van der Waals surface area (Å²) < 4.78 is 37.7. The molecule has 1 heterocycles. The maximum atomic E-state index is 12.6. The van der Waals surface area contributed by atoms with E-state index in [1.807, 2.05) is 0 Å². The third-order valence-corrected chi connectivity index (χ3v) is 3.25. The summed E-state index contributed by atoms with van der Waals surface area (Å²) in [5, 5.41) is 3.26. The Balaban J connectivity index is 2.44. The molecule has 0 aliphatic carbocycles. The first-order valence-corrected chi connectivity index (χ1v) is 6.91. The van der Waals surface area contributed by atoms with Crippen LogP contribution >= 0.6 is 11.6 Å². The van der Waals surface area contributed by atoms with Crippen molar-refractivity contribution >= 4 is 28.8 Å². The summed E-state index contributed by atoms with van der Waals surface area (Å²) >= 11 is 5.91. The van der Waals surface area contributed by atoms with Crippen LogP contribution in [0.3, 0.4) is 0 Å². The Labute approximate surface area is 135 Å². The summed E-state index contributed by atoms with van der Waals surface area (Å²) in [5.41, 5.74) is 1.70. The van der Waals surface area contributed by atoms with E-state index in [1.54, 1.807) is 25.1 Å². The zero-order valence-corrected chi connectivity index (χ0v) is 12.7. The molecule has 0 radical (unpaired) electrons. The highest BCUT2D eigenvalue weighted by atomic mass is 35.5. The normalized spacial score (nSPS) is 12.1. The van der Waals surface area contributed by atoms with E-state index in [9.17, 15) is 18.0 Å². The first-order valence-electron chi connectivity index (χ1n) is 6.54. The molecular formula is C16H12ClF3N2O. The van der Waals surface area contributed by atoms with Crippen LogP contribution in [-0.4, -0.2) is 16.9 Å². The van der Waals surface area contributed by atoms with E-state index in [0.717, 1.165) is 5.56 Å². The Morgan fingerprint density at radius 1 is 1.22 bits per heavy atom. The number of hydrogen-bond donors (Lipinski definition) is 1. The molecule has 23 heavy (non-hydrogen) atoms. The number of nitrogens with one attached hydrogen (secondary N) is 1. The topological polar surface area (TPSA) is 42.0 Å². The molecule has 120 valence electrons. The highest BCUT2D eigenvalue weighted by Gasteiger charge is 2.36. The number of benzene rings is 1. The van der Waals surface area contributed by atoms with Crippen LogP contribution in [0.4, 0.5) is 18.9 Å². The van der Waals surface area contributed by atoms with Crippen molar-refractivity contribution in [1.29, 1.82) is 0 Å². The van der Waals surface area contributed by atoms with Crippen LogP contribution < -0.4 is 5.32 Å². The molecule has 0 amide bonds. The average molecular weight is 341 g/mol. The number of pyridine rings is 1. The van der Waals surface area contributed by atoms with Crippen LogP contribution in [0.1, 0.15) is 11.1 Å². The first-order chi connectivity index (χ1) is 10.8. The van der Waals surface area contributed by atoms with Crippen molar-refractivity contribution in [2.75, 3.05) is 5.32 Å². The fraction of sp³-hybridized carbons (Fsp3) is 0.125. The Hall–Kier alpha value is -2.34. The van der Waals surface area contributed by atoms with E-state index in [0.29, 0.717) is 22.3 Å². The molecule has 7 heteroatoms. The van der Waals surface area contributed by atoms with Crippen molar-refractivity contribution in [2.24, 2.45) is 0 Å². The maximum Gasteiger partial charge on any atom is 0.454 e. The van der Waals surface area contributed by atoms with Crippen molar-refractivity contribution in [3.63, 3.8) is 0 Å². The van der Waals surface area contributed by atoms with Gasteiger partial charge in [-0.05, 0) is 36.8 Å².